The van der Waals surface area contributed by atoms with Crippen molar-refractivity contribution in [2.75, 3.05) is 11.9 Å². The highest BCUT2D eigenvalue weighted by atomic mass is 32.1. The number of nitrogens with zero attached hydrogens (tertiary/aromatic N) is 1. The smallest absolute Gasteiger partial charge is 0.229 e. The van der Waals surface area contributed by atoms with E-state index in [0.29, 0.717) is 11.7 Å². The van der Waals surface area contributed by atoms with Gasteiger partial charge in [-0.25, -0.2) is 4.98 Å². The van der Waals surface area contributed by atoms with Gasteiger partial charge in [-0.1, -0.05) is 19.3 Å². The van der Waals surface area contributed by atoms with Crippen LogP contribution in [0.25, 0.3) is 0 Å². The van der Waals surface area contributed by atoms with Crippen molar-refractivity contribution < 1.29 is 4.79 Å². The number of anilines is 1. The van der Waals surface area contributed by atoms with Crippen LogP contribution in [0.1, 0.15) is 37.8 Å². The Kier molecular flexibility index (Phi) is 4.50. The first kappa shape index (κ1) is 12.5. The number of carbonyl (C=O) groups excluding carboxylic acids is 1. The Morgan fingerprint density at radius 3 is 2.94 bits per heavy atom. The molecule has 2 rings (SSSR count). The molecule has 0 unspecified atom stereocenters. The highest BCUT2D eigenvalue weighted by Crippen LogP contribution is 2.25. The quantitative estimate of drug-likeness (QED) is 0.864. The molecule has 1 heterocycles. The number of nitrogens with two attached hydrogens (primary N) is 1. The molecule has 94 valence electrons. The van der Waals surface area contributed by atoms with Crippen molar-refractivity contribution in [1.82, 2.24) is 4.98 Å². The fourth-order valence-corrected chi connectivity index (χ4v) is 2.95. The van der Waals surface area contributed by atoms with Crippen LogP contribution >= 0.6 is 11.3 Å². The number of aromatic nitrogens is 1. The van der Waals surface area contributed by atoms with E-state index in [4.69, 9.17) is 5.73 Å². The van der Waals surface area contributed by atoms with E-state index in [2.05, 4.69) is 10.3 Å². The van der Waals surface area contributed by atoms with E-state index in [1.54, 1.807) is 0 Å². The zero-order chi connectivity index (χ0) is 12.1. The van der Waals surface area contributed by atoms with E-state index in [1.165, 1.54) is 30.6 Å². The molecule has 0 bridgehead atoms. The van der Waals surface area contributed by atoms with Crippen molar-refractivity contribution in [3.63, 3.8) is 0 Å². The number of amides is 1. The summed E-state index contributed by atoms with van der Waals surface area (Å²) < 4.78 is 0. The van der Waals surface area contributed by atoms with Crippen LogP contribution in [0.3, 0.4) is 0 Å². The normalized spacial score (nSPS) is 17.0. The summed E-state index contributed by atoms with van der Waals surface area (Å²) in [6.07, 6.45) is 6.43. The summed E-state index contributed by atoms with van der Waals surface area (Å²) in [5, 5.41) is 5.59. The third-order valence-electron chi connectivity index (χ3n) is 3.16. The average Bonchev–Trinajstić information content (AvgIpc) is 2.78. The lowest BCUT2D eigenvalue weighted by Crippen LogP contribution is -2.24. The molecule has 1 amide bonds. The lowest BCUT2D eigenvalue weighted by atomic mass is 9.89. The molecular formula is C12H19N3OS. The van der Waals surface area contributed by atoms with Crippen LogP contribution in [0, 0.1) is 5.92 Å². The Labute approximate surface area is 106 Å². The molecule has 0 radical (unpaired) electrons. The van der Waals surface area contributed by atoms with Crippen molar-refractivity contribution in [2.24, 2.45) is 11.7 Å². The number of nitrogens with one attached hydrogen (secondary N) is 1. The third-order valence-corrected chi connectivity index (χ3v) is 3.96. The zero-order valence-electron chi connectivity index (χ0n) is 9.95. The standard InChI is InChI=1S/C12H19N3OS/c13-7-6-10-8-17-12(14-10)15-11(16)9-4-2-1-3-5-9/h8-9H,1-7,13H2,(H,14,15,16). The molecule has 0 atom stereocenters. The van der Waals surface area contributed by atoms with E-state index in [1.807, 2.05) is 5.38 Å². The molecule has 1 aromatic heterocycles. The maximum Gasteiger partial charge on any atom is 0.229 e. The Balaban J connectivity index is 1.88. The van der Waals surface area contributed by atoms with Gasteiger partial charge in [-0.15, -0.1) is 11.3 Å². The molecular weight excluding hydrogens is 234 g/mol. The summed E-state index contributed by atoms with van der Waals surface area (Å²) >= 11 is 1.48. The minimum atomic E-state index is 0.137. The van der Waals surface area contributed by atoms with E-state index in [9.17, 15) is 4.79 Å². The highest BCUT2D eigenvalue weighted by Gasteiger charge is 2.21. The summed E-state index contributed by atoms with van der Waals surface area (Å²) in [6.45, 7) is 0.597. The summed E-state index contributed by atoms with van der Waals surface area (Å²) in [7, 11) is 0. The number of hydrogen-bond donors (Lipinski definition) is 2. The minimum absolute atomic E-state index is 0.137. The van der Waals surface area contributed by atoms with Gasteiger partial charge in [0, 0.05) is 17.7 Å². The first-order chi connectivity index (χ1) is 8.29. The fourth-order valence-electron chi connectivity index (χ4n) is 2.20. The lowest BCUT2D eigenvalue weighted by molar-refractivity contribution is -0.120. The van der Waals surface area contributed by atoms with Gasteiger partial charge < -0.3 is 11.1 Å². The Hall–Kier alpha value is -0.940. The molecule has 0 spiro atoms. The summed E-state index contributed by atoms with van der Waals surface area (Å²) in [5.41, 5.74) is 6.43. The SMILES string of the molecule is NCCc1csc(NC(=O)C2CCCCC2)n1. The van der Waals surface area contributed by atoms with Gasteiger partial charge in [0.1, 0.15) is 0 Å². The van der Waals surface area contributed by atoms with Crippen molar-refractivity contribution >= 4 is 22.4 Å². The Morgan fingerprint density at radius 2 is 2.24 bits per heavy atom. The fraction of sp³-hybridized carbons (Fsp3) is 0.667. The summed E-state index contributed by atoms with van der Waals surface area (Å²) in [5.74, 6) is 0.323. The van der Waals surface area contributed by atoms with Crippen LogP contribution in [0.4, 0.5) is 5.13 Å². The van der Waals surface area contributed by atoms with Crippen LogP contribution < -0.4 is 11.1 Å². The maximum absolute atomic E-state index is 12.0. The van der Waals surface area contributed by atoms with E-state index in [-0.39, 0.29) is 11.8 Å². The summed E-state index contributed by atoms with van der Waals surface area (Å²) in [6, 6.07) is 0. The first-order valence-electron chi connectivity index (χ1n) is 6.25. The number of rotatable bonds is 4. The molecule has 17 heavy (non-hydrogen) atoms. The van der Waals surface area contributed by atoms with Gasteiger partial charge in [0.15, 0.2) is 5.13 Å². The van der Waals surface area contributed by atoms with Gasteiger partial charge in [0.25, 0.3) is 0 Å². The third kappa shape index (κ3) is 3.51. The predicted octanol–water partition coefficient (Wildman–Crippen LogP) is 2.16. The number of carbonyl (C=O) groups is 1. The molecule has 5 heteroatoms. The van der Waals surface area contributed by atoms with Gasteiger partial charge in [-0.05, 0) is 19.4 Å². The predicted molar refractivity (Wildman–Crippen MR) is 70.1 cm³/mol. The van der Waals surface area contributed by atoms with Gasteiger partial charge >= 0.3 is 0 Å². The van der Waals surface area contributed by atoms with Crippen molar-refractivity contribution in [3.8, 4) is 0 Å². The second kappa shape index (κ2) is 6.12. The maximum atomic E-state index is 12.0. The monoisotopic (exact) mass is 253 g/mol. The van der Waals surface area contributed by atoms with Crippen molar-refractivity contribution in [1.29, 1.82) is 0 Å². The minimum Gasteiger partial charge on any atom is -0.330 e. The second-order valence-corrected chi connectivity index (χ2v) is 5.36. The topological polar surface area (TPSA) is 68.0 Å². The molecule has 0 saturated heterocycles. The van der Waals surface area contributed by atoms with Crippen LogP contribution in [0.15, 0.2) is 5.38 Å². The molecule has 4 nitrogen and oxygen atoms in total. The van der Waals surface area contributed by atoms with E-state index in [0.717, 1.165) is 25.0 Å². The van der Waals surface area contributed by atoms with Gasteiger partial charge in [0.05, 0.1) is 5.69 Å². The molecule has 1 aliphatic rings. The lowest BCUT2D eigenvalue weighted by Gasteiger charge is -2.19. The van der Waals surface area contributed by atoms with Gasteiger partial charge in [-0.3, -0.25) is 4.79 Å². The molecule has 3 N–H and O–H groups in total. The largest absolute Gasteiger partial charge is 0.330 e. The second-order valence-electron chi connectivity index (χ2n) is 4.51. The zero-order valence-corrected chi connectivity index (χ0v) is 10.8. The van der Waals surface area contributed by atoms with Crippen LogP contribution in [-0.4, -0.2) is 17.4 Å². The molecule has 0 aliphatic heterocycles. The first-order valence-corrected chi connectivity index (χ1v) is 7.13. The van der Waals surface area contributed by atoms with E-state index < -0.39 is 0 Å². The molecule has 0 aromatic carbocycles. The summed E-state index contributed by atoms with van der Waals surface area (Å²) in [4.78, 5) is 16.3. The number of hydrogen-bond acceptors (Lipinski definition) is 4. The Morgan fingerprint density at radius 1 is 1.47 bits per heavy atom. The van der Waals surface area contributed by atoms with Crippen LogP contribution in [0.5, 0.6) is 0 Å². The Bertz CT molecular complexity index is 372. The highest BCUT2D eigenvalue weighted by molar-refractivity contribution is 7.13. The average molecular weight is 253 g/mol. The van der Waals surface area contributed by atoms with Gasteiger partial charge in [0.2, 0.25) is 5.91 Å². The molecule has 1 fully saturated rings. The van der Waals surface area contributed by atoms with Crippen LogP contribution in [0.2, 0.25) is 0 Å². The van der Waals surface area contributed by atoms with E-state index >= 15 is 0 Å². The molecule has 1 saturated carbocycles. The van der Waals surface area contributed by atoms with Gasteiger partial charge in [-0.2, -0.15) is 0 Å². The van der Waals surface area contributed by atoms with Crippen molar-refractivity contribution in [2.45, 2.75) is 38.5 Å². The molecule has 1 aromatic rings. The van der Waals surface area contributed by atoms with Crippen molar-refractivity contribution in [3.05, 3.63) is 11.1 Å². The number of thiazole rings is 1. The molecule has 1 aliphatic carbocycles. The van der Waals surface area contributed by atoms with Crippen LogP contribution in [-0.2, 0) is 11.2 Å².